The second-order valence-corrected chi connectivity index (χ2v) is 22.6. The van der Waals surface area contributed by atoms with E-state index in [1.54, 1.807) is 33.4 Å². The Bertz CT molecular complexity index is 2050. The monoisotopic (exact) mass is 821 g/mol. The van der Waals surface area contributed by atoms with Gasteiger partial charge in [-0.3, -0.25) is 0 Å². The molecule has 0 spiro atoms. The van der Waals surface area contributed by atoms with Crippen LogP contribution in [-0.2, 0) is 0 Å². The van der Waals surface area contributed by atoms with Gasteiger partial charge in [0.2, 0.25) is 0 Å². The van der Waals surface area contributed by atoms with Crippen LogP contribution in [0, 0.1) is 10.8 Å². The van der Waals surface area contributed by atoms with Crippen molar-refractivity contribution in [2.24, 2.45) is 10.8 Å². The van der Waals surface area contributed by atoms with Crippen molar-refractivity contribution < 1.29 is 0 Å². The van der Waals surface area contributed by atoms with Gasteiger partial charge < -0.3 is 0 Å². The average Bonchev–Trinajstić information content (AvgIpc) is 3.86. The van der Waals surface area contributed by atoms with Crippen molar-refractivity contribution in [2.45, 2.75) is 150 Å². The Balaban J connectivity index is 1.08. The molecular formula is C57H72S2. The van der Waals surface area contributed by atoms with E-state index < -0.39 is 0 Å². The van der Waals surface area contributed by atoms with Gasteiger partial charge in [-0.1, -0.05) is 146 Å². The van der Waals surface area contributed by atoms with Crippen LogP contribution in [0.4, 0.5) is 0 Å². The van der Waals surface area contributed by atoms with Gasteiger partial charge in [-0.2, -0.15) is 0 Å². The van der Waals surface area contributed by atoms with E-state index in [-0.39, 0.29) is 20.3 Å². The van der Waals surface area contributed by atoms with Crippen molar-refractivity contribution >= 4 is 23.5 Å². The van der Waals surface area contributed by atoms with Gasteiger partial charge in [-0.05, 0) is 182 Å². The Morgan fingerprint density at radius 3 is 1.24 bits per heavy atom. The van der Waals surface area contributed by atoms with Crippen molar-refractivity contribution in [1.82, 2.24) is 0 Å². The van der Waals surface area contributed by atoms with Crippen molar-refractivity contribution in [3.05, 3.63) is 186 Å². The van der Waals surface area contributed by atoms with Gasteiger partial charge in [0.25, 0.3) is 0 Å². The number of allylic oxidation sites excluding steroid dienone is 28. The zero-order chi connectivity index (χ0) is 42.6. The summed E-state index contributed by atoms with van der Waals surface area (Å²) in [5.74, 6) is 0. The van der Waals surface area contributed by atoms with Crippen LogP contribution in [0.3, 0.4) is 0 Å². The molecule has 0 radical (unpaired) electrons. The molecule has 0 nitrogen and oxygen atoms in total. The van der Waals surface area contributed by atoms with Gasteiger partial charge in [0.15, 0.2) is 0 Å². The van der Waals surface area contributed by atoms with Crippen LogP contribution in [0.25, 0.3) is 0 Å². The summed E-state index contributed by atoms with van der Waals surface area (Å²) in [6.07, 6.45) is 52.5. The van der Waals surface area contributed by atoms with Gasteiger partial charge in [0.05, 0.1) is 9.49 Å². The van der Waals surface area contributed by atoms with E-state index >= 15 is 0 Å². The first-order valence-electron chi connectivity index (χ1n) is 22.4. The van der Waals surface area contributed by atoms with E-state index in [1.807, 2.05) is 0 Å². The standard InChI is InChI=1S/C57H72S2/c1-40(20-13-22-42(3)32-34-50-44(5)26-18-36-54(50,7)8)24-15-28-46-38-52-48-30-17-31-49(48)53-39-47(59-57(53,12)56(52,11)58-46)29-16-25-41(2)21-14-23-43(4)33-35-51-45(6)27-19-37-55(51,9)10/h13-16,20-25,28-29,32-35,38-39H,17-19,26-27,30-31,36-37H2,1-12H3/b20-13+,21-14+,28-15-,29-16+,34-32+,35-33+,40-24+,41-25+,42-22+,43-23+. The largest absolute Gasteiger partial charge is 0.113 e. The highest BCUT2D eigenvalue weighted by Gasteiger charge is 2.58. The maximum atomic E-state index is 2.51. The maximum Gasteiger partial charge on any atom is 0.0618 e. The number of fused-ring (bicyclic) bond motifs is 4. The van der Waals surface area contributed by atoms with Crippen LogP contribution in [0.15, 0.2) is 186 Å². The molecule has 0 saturated heterocycles. The normalized spacial score (nSPS) is 28.3. The zero-order valence-electron chi connectivity index (χ0n) is 38.6. The molecule has 312 valence electrons. The van der Waals surface area contributed by atoms with E-state index in [1.165, 1.54) is 101 Å². The quantitative estimate of drug-likeness (QED) is 0.180. The Labute approximate surface area is 368 Å². The molecule has 2 heteroatoms. The lowest BCUT2D eigenvalue weighted by molar-refractivity contribution is 0.376. The minimum absolute atomic E-state index is 0.00697. The van der Waals surface area contributed by atoms with E-state index in [4.69, 9.17) is 0 Å². The predicted molar refractivity (Wildman–Crippen MR) is 267 cm³/mol. The average molecular weight is 821 g/mol. The smallest absolute Gasteiger partial charge is 0.0618 e. The minimum Gasteiger partial charge on any atom is -0.113 e. The summed E-state index contributed by atoms with van der Waals surface area (Å²) in [5.41, 5.74) is 18.1. The molecule has 4 aliphatic carbocycles. The maximum absolute atomic E-state index is 2.51. The fraction of sp³-hybridized carbons (Fsp3) is 0.439. The Morgan fingerprint density at radius 2 is 0.847 bits per heavy atom. The second kappa shape index (κ2) is 18.7. The SMILES string of the molecule is CC1=C(/C=C/C(C)=C/C=C/C(C)=C/C=C\C2=CC3=C4CCCC4=C4C=C(/C=C/C=C(C)/C=C/C=C(C)/C=C/C5=C(C)CCCC5(C)C)SC4(C)C3(C)S2)C(C)(C)CCC1. The molecule has 0 amide bonds. The van der Waals surface area contributed by atoms with E-state index in [2.05, 4.69) is 216 Å². The third kappa shape index (κ3) is 10.2. The van der Waals surface area contributed by atoms with Gasteiger partial charge >= 0.3 is 0 Å². The molecule has 0 aromatic heterocycles. The lowest BCUT2D eigenvalue weighted by Crippen LogP contribution is -2.47. The van der Waals surface area contributed by atoms with Crippen LogP contribution in [-0.4, -0.2) is 9.49 Å². The van der Waals surface area contributed by atoms with Crippen molar-refractivity contribution in [1.29, 1.82) is 0 Å². The summed E-state index contributed by atoms with van der Waals surface area (Å²) >= 11 is 4.13. The summed E-state index contributed by atoms with van der Waals surface area (Å²) in [5, 5.41) is 0. The van der Waals surface area contributed by atoms with Gasteiger partial charge in [-0.15, -0.1) is 23.5 Å². The highest BCUT2D eigenvalue weighted by atomic mass is 32.2. The fourth-order valence-electron chi connectivity index (χ4n) is 10.1. The Morgan fingerprint density at radius 1 is 0.475 bits per heavy atom. The van der Waals surface area contributed by atoms with Crippen LogP contribution >= 0.6 is 23.5 Å². The summed E-state index contributed by atoms with van der Waals surface area (Å²) in [6, 6.07) is 0. The fourth-order valence-corrected chi connectivity index (χ4v) is 13.2. The van der Waals surface area contributed by atoms with Crippen molar-refractivity contribution in [3.8, 4) is 0 Å². The van der Waals surface area contributed by atoms with Gasteiger partial charge in [0, 0.05) is 9.81 Å². The summed E-state index contributed by atoms with van der Waals surface area (Å²) in [4.78, 5) is 2.74. The molecule has 1 saturated carbocycles. The third-order valence-electron chi connectivity index (χ3n) is 13.8. The molecule has 59 heavy (non-hydrogen) atoms. The van der Waals surface area contributed by atoms with Crippen LogP contribution < -0.4 is 0 Å². The lowest BCUT2D eigenvalue weighted by Gasteiger charge is -2.47. The number of hydrogen-bond donors (Lipinski definition) is 0. The molecule has 2 aliphatic heterocycles. The third-order valence-corrected chi connectivity index (χ3v) is 17.0. The van der Waals surface area contributed by atoms with Crippen molar-refractivity contribution in [2.75, 3.05) is 0 Å². The summed E-state index contributed by atoms with van der Waals surface area (Å²) < 4.78 is -0.0139. The zero-order valence-corrected chi connectivity index (χ0v) is 40.2. The number of hydrogen-bond acceptors (Lipinski definition) is 2. The molecule has 0 bridgehead atoms. The highest BCUT2D eigenvalue weighted by Crippen LogP contribution is 2.68. The number of rotatable bonds is 12. The molecular weight excluding hydrogens is 749 g/mol. The van der Waals surface area contributed by atoms with Crippen molar-refractivity contribution in [3.63, 3.8) is 0 Å². The number of thioether (sulfide) groups is 2. The first kappa shape index (κ1) is 45.1. The molecule has 2 unspecified atom stereocenters. The lowest BCUT2D eigenvalue weighted by atomic mass is 9.72. The molecule has 1 fully saturated rings. The molecule has 0 aromatic carbocycles. The van der Waals surface area contributed by atoms with Crippen LogP contribution in [0.5, 0.6) is 0 Å². The molecule has 0 aromatic rings. The molecule has 6 rings (SSSR count). The predicted octanol–water partition coefficient (Wildman–Crippen LogP) is 17.7. The van der Waals surface area contributed by atoms with Gasteiger partial charge in [-0.25, -0.2) is 0 Å². The van der Waals surface area contributed by atoms with Gasteiger partial charge in [0.1, 0.15) is 0 Å². The second-order valence-electron chi connectivity index (χ2n) is 19.6. The molecule has 2 heterocycles. The Kier molecular flexibility index (Phi) is 14.3. The first-order valence-corrected chi connectivity index (χ1v) is 24.0. The molecule has 6 aliphatic rings. The summed E-state index contributed by atoms with van der Waals surface area (Å²) in [6.45, 7) is 28.0. The van der Waals surface area contributed by atoms with E-state index in [9.17, 15) is 0 Å². The minimum atomic E-state index is -0.00697. The van der Waals surface area contributed by atoms with Crippen LogP contribution in [0.1, 0.15) is 141 Å². The van der Waals surface area contributed by atoms with E-state index in [0.717, 1.165) is 0 Å². The molecule has 2 atom stereocenters. The molecule has 0 N–H and O–H groups in total. The first-order chi connectivity index (χ1) is 27.9. The van der Waals surface area contributed by atoms with Crippen LogP contribution in [0.2, 0.25) is 0 Å². The summed E-state index contributed by atoms with van der Waals surface area (Å²) in [7, 11) is 0. The topological polar surface area (TPSA) is 0 Å². The highest BCUT2D eigenvalue weighted by molar-refractivity contribution is 8.09. The Hall–Kier alpha value is -3.46. The van der Waals surface area contributed by atoms with E-state index in [0.29, 0.717) is 0 Å².